The van der Waals surface area contributed by atoms with Gasteiger partial charge in [-0.15, -0.1) is 0 Å². The highest BCUT2D eigenvalue weighted by Gasteiger charge is 2.30. The molecule has 0 spiro atoms. The van der Waals surface area contributed by atoms with Gasteiger partial charge in [0.2, 0.25) is 0 Å². The van der Waals surface area contributed by atoms with Gasteiger partial charge < -0.3 is 10.6 Å². The fourth-order valence-corrected chi connectivity index (χ4v) is 1.76. The highest BCUT2D eigenvalue weighted by Crippen LogP contribution is 2.29. The van der Waals surface area contributed by atoms with Crippen LogP contribution in [-0.4, -0.2) is 16.8 Å². The second-order valence-corrected chi connectivity index (χ2v) is 4.68. The zero-order valence-corrected chi connectivity index (χ0v) is 12.1. The Labute approximate surface area is 133 Å². The number of hydrogen-bond acceptors (Lipinski definition) is 3. The fourth-order valence-electron chi connectivity index (χ4n) is 1.59. The lowest BCUT2D eigenvalue weighted by Crippen LogP contribution is -2.29. The Kier molecular flexibility index (Phi) is 4.85. The molecule has 120 valence electrons. The Morgan fingerprint density at radius 3 is 2.17 bits per heavy atom. The van der Waals surface area contributed by atoms with Gasteiger partial charge in [-0.05, 0) is 36.4 Å². The van der Waals surface area contributed by atoms with Gasteiger partial charge in [0, 0.05) is 11.9 Å². The lowest BCUT2D eigenvalue weighted by atomic mass is 10.2. The maximum atomic E-state index is 12.4. The van der Waals surface area contributed by atoms with Crippen LogP contribution in [0.3, 0.4) is 0 Å². The monoisotopic (exact) mass is 343 g/mol. The van der Waals surface area contributed by atoms with Gasteiger partial charge in [-0.25, -0.2) is 4.98 Å². The molecule has 0 atom stereocenters. The maximum Gasteiger partial charge on any atom is 0.416 e. The van der Waals surface area contributed by atoms with Crippen LogP contribution in [0.15, 0.2) is 42.6 Å². The van der Waals surface area contributed by atoms with Crippen LogP contribution in [0.2, 0.25) is 5.15 Å². The summed E-state index contributed by atoms with van der Waals surface area (Å²) in [6.07, 6.45) is -3.07. The number of aromatic nitrogens is 1. The first-order valence-electron chi connectivity index (χ1n) is 6.17. The molecular formula is C14H9ClF3N3O2. The second kappa shape index (κ2) is 6.66. The van der Waals surface area contributed by atoms with E-state index in [0.29, 0.717) is 0 Å². The average molecular weight is 344 g/mol. The molecule has 2 amide bonds. The third-order valence-corrected chi connectivity index (χ3v) is 2.98. The lowest BCUT2D eigenvalue weighted by Gasteiger charge is -2.09. The largest absolute Gasteiger partial charge is 0.416 e. The van der Waals surface area contributed by atoms with Crippen molar-refractivity contribution in [3.8, 4) is 0 Å². The molecule has 0 saturated carbocycles. The molecule has 0 aliphatic heterocycles. The highest BCUT2D eigenvalue weighted by atomic mass is 35.5. The van der Waals surface area contributed by atoms with Crippen molar-refractivity contribution < 1.29 is 22.8 Å². The van der Waals surface area contributed by atoms with Gasteiger partial charge in [-0.1, -0.05) is 11.6 Å². The van der Waals surface area contributed by atoms with Crippen molar-refractivity contribution in [2.45, 2.75) is 6.18 Å². The van der Waals surface area contributed by atoms with Gasteiger partial charge in [0.25, 0.3) is 0 Å². The topological polar surface area (TPSA) is 71.1 Å². The minimum Gasteiger partial charge on any atom is -0.318 e. The Hall–Kier alpha value is -2.61. The summed E-state index contributed by atoms with van der Waals surface area (Å²) < 4.78 is 37.3. The van der Waals surface area contributed by atoms with Crippen molar-refractivity contribution in [1.29, 1.82) is 0 Å². The van der Waals surface area contributed by atoms with E-state index in [0.717, 1.165) is 24.3 Å². The number of amides is 2. The van der Waals surface area contributed by atoms with E-state index in [1.807, 2.05) is 0 Å². The highest BCUT2D eigenvalue weighted by molar-refractivity contribution is 6.44. The summed E-state index contributed by atoms with van der Waals surface area (Å²) in [6.45, 7) is 0. The summed E-state index contributed by atoms with van der Waals surface area (Å²) in [7, 11) is 0. The molecule has 1 aromatic heterocycles. The zero-order chi connectivity index (χ0) is 17.0. The number of nitrogens with zero attached hydrogens (tertiary/aromatic N) is 1. The smallest absolute Gasteiger partial charge is 0.318 e. The van der Waals surface area contributed by atoms with Gasteiger partial charge in [0.15, 0.2) is 5.15 Å². The first kappa shape index (κ1) is 16.8. The van der Waals surface area contributed by atoms with Crippen LogP contribution in [0.5, 0.6) is 0 Å². The molecule has 0 radical (unpaired) electrons. The lowest BCUT2D eigenvalue weighted by molar-refractivity contribution is -0.137. The fraction of sp³-hybridized carbons (Fsp3) is 0.0714. The van der Waals surface area contributed by atoms with Gasteiger partial charge in [-0.2, -0.15) is 13.2 Å². The summed E-state index contributed by atoms with van der Waals surface area (Å²) >= 11 is 5.73. The molecule has 5 nitrogen and oxygen atoms in total. The predicted molar refractivity (Wildman–Crippen MR) is 78.0 cm³/mol. The Balaban J connectivity index is 2.01. The second-order valence-electron chi connectivity index (χ2n) is 4.33. The van der Waals surface area contributed by atoms with Crippen molar-refractivity contribution in [2.24, 2.45) is 0 Å². The normalized spacial score (nSPS) is 11.0. The minimum absolute atomic E-state index is 0.00294. The molecule has 0 bridgehead atoms. The standard InChI is InChI=1S/C14H9ClF3N3O2/c15-11-10(2-1-7-19-11)21-13(23)12(22)20-9-5-3-8(4-6-9)14(16,17)18/h1-7H,(H,20,22)(H,21,23). The van der Waals surface area contributed by atoms with Crippen LogP contribution in [0, 0.1) is 0 Å². The summed E-state index contributed by atoms with van der Waals surface area (Å²) in [5.41, 5.74) is -0.667. The molecule has 0 saturated heterocycles. The van der Waals surface area contributed by atoms with Gasteiger partial charge in [-0.3, -0.25) is 9.59 Å². The van der Waals surface area contributed by atoms with E-state index < -0.39 is 23.6 Å². The summed E-state index contributed by atoms with van der Waals surface area (Å²) in [5.74, 6) is -2.08. The van der Waals surface area contributed by atoms with E-state index >= 15 is 0 Å². The van der Waals surface area contributed by atoms with Crippen molar-refractivity contribution in [1.82, 2.24) is 4.98 Å². The summed E-state index contributed by atoms with van der Waals surface area (Å²) in [4.78, 5) is 27.1. The van der Waals surface area contributed by atoms with Gasteiger partial charge in [0.05, 0.1) is 11.3 Å². The van der Waals surface area contributed by atoms with Crippen LogP contribution >= 0.6 is 11.6 Å². The maximum absolute atomic E-state index is 12.4. The van der Waals surface area contributed by atoms with Crippen LogP contribution in [0.1, 0.15) is 5.56 Å². The van der Waals surface area contributed by atoms with Gasteiger partial charge in [0.1, 0.15) is 0 Å². The number of alkyl halides is 3. The van der Waals surface area contributed by atoms with Crippen molar-refractivity contribution in [3.05, 3.63) is 53.3 Å². The number of carbonyl (C=O) groups is 2. The quantitative estimate of drug-likeness (QED) is 0.649. The molecule has 2 aromatic rings. The third kappa shape index (κ3) is 4.43. The minimum atomic E-state index is -4.48. The van der Waals surface area contributed by atoms with Crippen molar-refractivity contribution in [3.63, 3.8) is 0 Å². The van der Waals surface area contributed by atoms with Crippen LogP contribution in [0.25, 0.3) is 0 Å². The molecule has 1 heterocycles. The van der Waals surface area contributed by atoms with E-state index in [4.69, 9.17) is 11.6 Å². The number of pyridine rings is 1. The molecule has 2 N–H and O–H groups in total. The molecule has 0 fully saturated rings. The molecule has 2 rings (SSSR count). The van der Waals surface area contributed by atoms with E-state index in [1.165, 1.54) is 18.3 Å². The number of hydrogen-bond donors (Lipinski definition) is 2. The van der Waals surface area contributed by atoms with Gasteiger partial charge >= 0.3 is 18.0 Å². The van der Waals surface area contributed by atoms with E-state index in [2.05, 4.69) is 15.6 Å². The number of anilines is 2. The summed E-state index contributed by atoms with van der Waals surface area (Å²) in [5, 5.41) is 4.42. The summed E-state index contributed by atoms with van der Waals surface area (Å²) in [6, 6.07) is 6.64. The number of halogens is 4. The predicted octanol–water partition coefficient (Wildman–Crippen LogP) is 3.33. The van der Waals surface area contributed by atoms with Crippen LogP contribution in [-0.2, 0) is 15.8 Å². The molecule has 23 heavy (non-hydrogen) atoms. The van der Waals surface area contributed by atoms with Crippen molar-refractivity contribution in [2.75, 3.05) is 10.6 Å². The van der Waals surface area contributed by atoms with E-state index in [9.17, 15) is 22.8 Å². The molecule has 1 aromatic carbocycles. The molecule has 0 aliphatic rings. The van der Waals surface area contributed by atoms with E-state index in [-0.39, 0.29) is 16.5 Å². The first-order chi connectivity index (χ1) is 10.8. The van der Waals surface area contributed by atoms with Crippen LogP contribution < -0.4 is 10.6 Å². The Morgan fingerprint density at radius 2 is 1.61 bits per heavy atom. The number of carbonyl (C=O) groups excluding carboxylic acids is 2. The van der Waals surface area contributed by atoms with E-state index in [1.54, 1.807) is 0 Å². The number of benzene rings is 1. The molecule has 0 unspecified atom stereocenters. The molecular weight excluding hydrogens is 335 g/mol. The SMILES string of the molecule is O=C(Nc1ccc(C(F)(F)F)cc1)C(=O)Nc1cccnc1Cl. The van der Waals surface area contributed by atoms with Crippen molar-refractivity contribution >= 4 is 34.8 Å². The number of rotatable bonds is 2. The first-order valence-corrected chi connectivity index (χ1v) is 6.55. The molecule has 9 heteroatoms. The zero-order valence-electron chi connectivity index (χ0n) is 11.3. The Morgan fingerprint density at radius 1 is 1.00 bits per heavy atom. The average Bonchev–Trinajstić information content (AvgIpc) is 2.49. The third-order valence-electron chi connectivity index (χ3n) is 2.68. The molecule has 0 aliphatic carbocycles. The van der Waals surface area contributed by atoms with Crippen LogP contribution in [0.4, 0.5) is 24.5 Å². The number of nitrogens with one attached hydrogen (secondary N) is 2. The Bertz CT molecular complexity index is 733.